The lowest BCUT2D eigenvalue weighted by molar-refractivity contribution is 0.106. The molecule has 2 fully saturated rings. The number of nitrogens with one attached hydrogen (secondary N) is 1. The molecule has 2 aromatic rings. The van der Waals surface area contributed by atoms with Gasteiger partial charge in [-0.25, -0.2) is 4.98 Å². The van der Waals surface area contributed by atoms with E-state index < -0.39 is 0 Å². The van der Waals surface area contributed by atoms with E-state index in [9.17, 15) is 0 Å². The monoisotopic (exact) mass is 494 g/mol. The zero-order chi connectivity index (χ0) is 18.5. The predicted octanol–water partition coefficient (Wildman–Crippen LogP) is 4.20. The van der Waals surface area contributed by atoms with Crippen LogP contribution in [0.3, 0.4) is 0 Å². The summed E-state index contributed by atoms with van der Waals surface area (Å²) in [6, 6.07) is 8.16. The lowest BCUT2D eigenvalue weighted by Gasteiger charge is -2.37. The Morgan fingerprint density at radius 2 is 1.63 bits per heavy atom. The number of piperazine rings is 1. The van der Waals surface area contributed by atoms with Crippen LogP contribution in [0.4, 0.5) is 0 Å². The Morgan fingerprint density at radius 3 is 2.27 bits per heavy atom. The normalized spacial score (nSPS) is 18.0. The highest BCUT2D eigenvalue weighted by atomic mass is 35.5. The Labute approximate surface area is 202 Å². The second kappa shape index (κ2) is 13.7. The first-order valence-corrected chi connectivity index (χ1v) is 10.9. The second-order valence-electron chi connectivity index (χ2n) is 7.64. The van der Waals surface area contributed by atoms with Gasteiger partial charge in [0.1, 0.15) is 10.8 Å². The number of hydrogen-bond donors (Lipinski definition) is 1. The summed E-state index contributed by atoms with van der Waals surface area (Å²) in [5.41, 5.74) is 2.36. The topological polar surface area (TPSA) is 40.6 Å². The number of hydrogen-bond acceptors (Lipinski definition) is 6. The SMILES string of the molecule is COc1ccc(-c2nc(CN3CCN(CC4CCNCC4)CC3)cs2)cc1.Cl.Cl.Cl. The Balaban J connectivity index is 0.00000150. The number of thiazole rings is 1. The summed E-state index contributed by atoms with van der Waals surface area (Å²) in [5, 5.41) is 6.77. The smallest absolute Gasteiger partial charge is 0.123 e. The number of nitrogens with zero attached hydrogens (tertiary/aromatic N) is 3. The highest BCUT2D eigenvalue weighted by Gasteiger charge is 2.22. The van der Waals surface area contributed by atoms with Gasteiger partial charge in [-0.05, 0) is 56.1 Å². The number of halogens is 3. The number of rotatable bonds is 6. The van der Waals surface area contributed by atoms with E-state index in [0.717, 1.165) is 36.3 Å². The lowest BCUT2D eigenvalue weighted by atomic mass is 9.97. The van der Waals surface area contributed by atoms with E-state index in [1.54, 1.807) is 18.4 Å². The van der Waals surface area contributed by atoms with E-state index in [1.165, 1.54) is 56.8 Å². The van der Waals surface area contributed by atoms with Gasteiger partial charge < -0.3 is 15.0 Å². The molecule has 2 aliphatic rings. The molecule has 0 atom stereocenters. The molecule has 1 N–H and O–H groups in total. The van der Waals surface area contributed by atoms with Crippen LogP contribution in [0.25, 0.3) is 10.6 Å². The summed E-state index contributed by atoms with van der Waals surface area (Å²) >= 11 is 1.73. The molecule has 0 spiro atoms. The third kappa shape index (κ3) is 7.52. The zero-order valence-electron chi connectivity index (χ0n) is 17.4. The molecular weight excluding hydrogens is 463 g/mol. The molecule has 4 rings (SSSR count). The maximum Gasteiger partial charge on any atom is 0.123 e. The van der Waals surface area contributed by atoms with Crippen molar-refractivity contribution in [1.29, 1.82) is 0 Å². The van der Waals surface area contributed by atoms with Gasteiger partial charge in [-0.15, -0.1) is 48.6 Å². The minimum atomic E-state index is 0. The summed E-state index contributed by atoms with van der Waals surface area (Å²) < 4.78 is 5.24. The Morgan fingerprint density at radius 1 is 1.00 bits per heavy atom. The molecule has 1 aromatic heterocycles. The largest absolute Gasteiger partial charge is 0.497 e. The van der Waals surface area contributed by atoms with Crippen LogP contribution in [-0.4, -0.2) is 67.7 Å². The Hall–Kier alpha value is -0.600. The number of piperidine rings is 1. The van der Waals surface area contributed by atoms with E-state index in [4.69, 9.17) is 9.72 Å². The van der Waals surface area contributed by atoms with Gasteiger partial charge in [0, 0.05) is 50.2 Å². The average Bonchev–Trinajstić information content (AvgIpc) is 3.19. The molecule has 0 saturated carbocycles. The van der Waals surface area contributed by atoms with Gasteiger partial charge in [0.25, 0.3) is 0 Å². The van der Waals surface area contributed by atoms with E-state index in [0.29, 0.717) is 0 Å². The maximum atomic E-state index is 5.24. The molecule has 2 aliphatic heterocycles. The standard InChI is InChI=1S/C21H30N4OS.3ClH/c1-26-20-4-2-18(3-5-20)21-23-19(16-27-21)15-25-12-10-24(11-13-25)14-17-6-8-22-9-7-17;;;/h2-5,16-17,22H,6-15H2,1H3;3*1H. The van der Waals surface area contributed by atoms with Crippen LogP contribution >= 0.6 is 48.6 Å². The first kappa shape index (κ1) is 27.4. The van der Waals surface area contributed by atoms with Crippen molar-refractivity contribution >= 4 is 48.6 Å². The quantitative estimate of drug-likeness (QED) is 0.650. The third-order valence-electron chi connectivity index (χ3n) is 5.71. The molecule has 1 aromatic carbocycles. The Bertz CT molecular complexity index is 717. The van der Waals surface area contributed by atoms with Crippen molar-refractivity contribution < 1.29 is 4.74 Å². The lowest BCUT2D eigenvalue weighted by Crippen LogP contribution is -2.48. The van der Waals surface area contributed by atoms with E-state index >= 15 is 0 Å². The molecule has 0 radical (unpaired) electrons. The fourth-order valence-electron chi connectivity index (χ4n) is 4.03. The maximum absolute atomic E-state index is 5.24. The van der Waals surface area contributed by atoms with Crippen LogP contribution in [0, 0.1) is 5.92 Å². The molecule has 0 aliphatic carbocycles. The molecule has 170 valence electrons. The molecule has 0 unspecified atom stereocenters. The van der Waals surface area contributed by atoms with Crippen LogP contribution in [0.1, 0.15) is 18.5 Å². The third-order valence-corrected chi connectivity index (χ3v) is 6.65. The summed E-state index contributed by atoms with van der Waals surface area (Å²) in [6.07, 6.45) is 2.68. The van der Waals surface area contributed by atoms with Crippen molar-refractivity contribution in [2.45, 2.75) is 19.4 Å². The molecule has 2 saturated heterocycles. The first-order valence-electron chi connectivity index (χ1n) is 10.0. The van der Waals surface area contributed by atoms with Crippen molar-refractivity contribution in [3.8, 4) is 16.3 Å². The fraction of sp³-hybridized carbons (Fsp3) is 0.571. The Kier molecular flexibility index (Phi) is 12.6. The molecule has 5 nitrogen and oxygen atoms in total. The van der Waals surface area contributed by atoms with Gasteiger partial charge in [0.15, 0.2) is 0 Å². The van der Waals surface area contributed by atoms with Crippen LogP contribution in [-0.2, 0) is 6.54 Å². The van der Waals surface area contributed by atoms with Crippen molar-refractivity contribution in [2.75, 3.05) is 52.9 Å². The van der Waals surface area contributed by atoms with Crippen LogP contribution < -0.4 is 10.1 Å². The second-order valence-corrected chi connectivity index (χ2v) is 8.50. The summed E-state index contributed by atoms with van der Waals surface area (Å²) in [7, 11) is 1.70. The highest BCUT2D eigenvalue weighted by Crippen LogP contribution is 2.26. The number of methoxy groups -OCH3 is 1. The average molecular weight is 496 g/mol. The van der Waals surface area contributed by atoms with Gasteiger partial charge in [-0.2, -0.15) is 0 Å². The zero-order valence-corrected chi connectivity index (χ0v) is 20.7. The number of aromatic nitrogens is 1. The molecule has 0 amide bonds. The van der Waals surface area contributed by atoms with E-state index in [1.807, 2.05) is 12.1 Å². The van der Waals surface area contributed by atoms with Crippen LogP contribution in [0.2, 0.25) is 0 Å². The van der Waals surface area contributed by atoms with Crippen molar-refractivity contribution in [2.24, 2.45) is 5.92 Å². The number of ether oxygens (including phenoxy) is 1. The fourth-order valence-corrected chi connectivity index (χ4v) is 4.85. The van der Waals surface area contributed by atoms with Crippen molar-refractivity contribution in [1.82, 2.24) is 20.1 Å². The summed E-state index contributed by atoms with van der Waals surface area (Å²) in [4.78, 5) is 10.1. The molecule has 30 heavy (non-hydrogen) atoms. The van der Waals surface area contributed by atoms with Gasteiger partial charge in [-0.1, -0.05) is 0 Å². The molecule has 3 heterocycles. The van der Waals surface area contributed by atoms with Crippen LogP contribution in [0.5, 0.6) is 5.75 Å². The van der Waals surface area contributed by atoms with E-state index in [-0.39, 0.29) is 37.2 Å². The highest BCUT2D eigenvalue weighted by molar-refractivity contribution is 7.13. The summed E-state index contributed by atoms with van der Waals surface area (Å²) in [5.74, 6) is 1.78. The van der Waals surface area contributed by atoms with Crippen LogP contribution in [0.15, 0.2) is 29.6 Å². The van der Waals surface area contributed by atoms with Crippen molar-refractivity contribution in [3.63, 3.8) is 0 Å². The first-order chi connectivity index (χ1) is 13.3. The molecular formula is C21H33Cl3N4OS. The predicted molar refractivity (Wildman–Crippen MR) is 133 cm³/mol. The molecule has 0 bridgehead atoms. The van der Waals surface area contributed by atoms with Gasteiger partial charge in [0.2, 0.25) is 0 Å². The van der Waals surface area contributed by atoms with Gasteiger partial charge in [-0.3, -0.25) is 4.90 Å². The minimum Gasteiger partial charge on any atom is -0.497 e. The number of benzene rings is 1. The van der Waals surface area contributed by atoms with Gasteiger partial charge in [0.05, 0.1) is 12.8 Å². The van der Waals surface area contributed by atoms with Crippen molar-refractivity contribution in [3.05, 3.63) is 35.3 Å². The van der Waals surface area contributed by atoms with Gasteiger partial charge >= 0.3 is 0 Å². The van der Waals surface area contributed by atoms with E-state index in [2.05, 4.69) is 32.6 Å². The summed E-state index contributed by atoms with van der Waals surface area (Å²) in [6.45, 7) is 9.34. The molecule has 9 heteroatoms. The minimum absolute atomic E-state index is 0.